The van der Waals surface area contributed by atoms with Crippen molar-refractivity contribution in [2.24, 2.45) is 0 Å². The Labute approximate surface area is 94.1 Å². The van der Waals surface area contributed by atoms with Crippen LogP contribution < -0.4 is 10.1 Å². The number of fused-ring (bicyclic) bond motifs is 1. The first-order chi connectivity index (χ1) is 6.45. The predicted octanol–water partition coefficient (Wildman–Crippen LogP) is 2.53. The Morgan fingerprint density at radius 3 is 3.07 bits per heavy atom. The molecule has 0 atom stereocenters. The minimum Gasteiger partial charge on any atom is -0.491 e. The van der Waals surface area contributed by atoms with Crippen LogP contribution in [0.5, 0.6) is 5.75 Å². The summed E-state index contributed by atoms with van der Waals surface area (Å²) >= 11 is 1.85. The highest BCUT2D eigenvalue weighted by Gasteiger charge is 2.29. The van der Waals surface area contributed by atoms with E-state index in [1.54, 1.807) is 0 Å². The summed E-state index contributed by atoms with van der Waals surface area (Å²) in [4.78, 5) is 1.39. The highest BCUT2D eigenvalue weighted by molar-refractivity contribution is 7.10. The Kier molecular flexibility index (Phi) is 3.00. The standard InChI is InChI=1S/C10H13NOS.ClH/c1-2-7(1)8-6-13-9-5-11-3-4-12-10(8)9;/h6-7,11H,1-5H2;1H. The van der Waals surface area contributed by atoms with E-state index < -0.39 is 0 Å². The normalized spacial score (nSPS) is 20.3. The lowest BCUT2D eigenvalue weighted by Gasteiger charge is -2.04. The number of rotatable bonds is 1. The predicted molar refractivity (Wildman–Crippen MR) is 60.7 cm³/mol. The van der Waals surface area contributed by atoms with Crippen LogP contribution >= 0.6 is 23.7 Å². The molecule has 1 aliphatic heterocycles. The van der Waals surface area contributed by atoms with Crippen LogP contribution in [0.4, 0.5) is 0 Å². The molecule has 4 heteroatoms. The molecule has 2 aliphatic rings. The first-order valence-electron chi connectivity index (χ1n) is 4.89. The average molecular weight is 232 g/mol. The van der Waals surface area contributed by atoms with Gasteiger partial charge in [-0.2, -0.15) is 0 Å². The van der Waals surface area contributed by atoms with E-state index in [2.05, 4.69) is 10.7 Å². The lowest BCUT2D eigenvalue weighted by molar-refractivity contribution is 0.323. The lowest BCUT2D eigenvalue weighted by atomic mass is 10.2. The summed E-state index contributed by atoms with van der Waals surface area (Å²) in [5, 5.41) is 5.65. The molecular formula is C10H14ClNOS. The number of ether oxygens (including phenoxy) is 1. The third kappa shape index (κ3) is 1.76. The Balaban J connectivity index is 0.000000750. The number of thiophene rings is 1. The van der Waals surface area contributed by atoms with Crippen LogP contribution in [-0.2, 0) is 6.54 Å². The molecule has 1 aromatic heterocycles. The molecule has 1 aliphatic carbocycles. The third-order valence-corrected chi connectivity index (χ3v) is 3.66. The highest BCUT2D eigenvalue weighted by Crippen LogP contribution is 2.48. The summed E-state index contributed by atoms with van der Waals surface area (Å²) in [5.74, 6) is 2.02. The number of hydrogen-bond donors (Lipinski definition) is 1. The Hall–Kier alpha value is -0.250. The topological polar surface area (TPSA) is 21.3 Å². The Bertz CT molecular complexity index is 322. The van der Waals surface area contributed by atoms with Crippen LogP contribution in [0.25, 0.3) is 0 Å². The van der Waals surface area contributed by atoms with Gasteiger partial charge in [0.1, 0.15) is 12.4 Å². The zero-order valence-corrected chi connectivity index (χ0v) is 9.55. The van der Waals surface area contributed by atoms with E-state index in [4.69, 9.17) is 4.74 Å². The summed E-state index contributed by atoms with van der Waals surface area (Å²) in [6, 6.07) is 0. The lowest BCUT2D eigenvalue weighted by Crippen LogP contribution is -2.16. The maximum Gasteiger partial charge on any atom is 0.138 e. The van der Waals surface area contributed by atoms with E-state index in [-0.39, 0.29) is 12.4 Å². The van der Waals surface area contributed by atoms with Crippen molar-refractivity contribution in [3.63, 3.8) is 0 Å². The first-order valence-corrected chi connectivity index (χ1v) is 5.77. The third-order valence-electron chi connectivity index (χ3n) is 2.67. The summed E-state index contributed by atoms with van der Waals surface area (Å²) < 4.78 is 5.77. The van der Waals surface area contributed by atoms with Gasteiger partial charge in [0, 0.05) is 18.7 Å². The maximum atomic E-state index is 5.77. The van der Waals surface area contributed by atoms with Gasteiger partial charge in [-0.25, -0.2) is 0 Å². The molecule has 0 bridgehead atoms. The molecule has 0 unspecified atom stereocenters. The second kappa shape index (κ2) is 4.09. The molecule has 0 saturated heterocycles. The van der Waals surface area contributed by atoms with Crippen molar-refractivity contribution in [2.75, 3.05) is 13.2 Å². The monoisotopic (exact) mass is 231 g/mol. The van der Waals surface area contributed by atoms with Crippen LogP contribution in [0, 0.1) is 0 Å². The molecule has 1 N–H and O–H groups in total. The van der Waals surface area contributed by atoms with E-state index in [0.717, 1.165) is 25.6 Å². The summed E-state index contributed by atoms with van der Waals surface area (Å²) in [7, 11) is 0. The van der Waals surface area contributed by atoms with Crippen molar-refractivity contribution in [2.45, 2.75) is 25.3 Å². The van der Waals surface area contributed by atoms with E-state index in [1.165, 1.54) is 29.0 Å². The Morgan fingerprint density at radius 1 is 1.43 bits per heavy atom. The van der Waals surface area contributed by atoms with E-state index in [0.29, 0.717) is 0 Å². The quantitative estimate of drug-likeness (QED) is 0.802. The number of nitrogens with one attached hydrogen (secondary N) is 1. The van der Waals surface area contributed by atoms with Gasteiger partial charge < -0.3 is 10.1 Å². The van der Waals surface area contributed by atoms with Gasteiger partial charge in [0.2, 0.25) is 0 Å². The van der Waals surface area contributed by atoms with Crippen molar-refractivity contribution in [1.82, 2.24) is 5.32 Å². The van der Waals surface area contributed by atoms with Crippen LogP contribution in [0.15, 0.2) is 5.38 Å². The van der Waals surface area contributed by atoms with Gasteiger partial charge in [0.15, 0.2) is 0 Å². The van der Waals surface area contributed by atoms with Gasteiger partial charge in [0.05, 0.1) is 4.88 Å². The molecule has 1 aromatic rings. The Morgan fingerprint density at radius 2 is 2.29 bits per heavy atom. The molecule has 1 fully saturated rings. The zero-order valence-electron chi connectivity index (χ0n) is 7.91. The summed E-state index contributed by atoms with van der Waals surface area (Å²) in [6.45, 7) is 2.79. The molecule has 3 rings (SSSR count). The van der Waals surface area contributed by atoms with E-state index >= 15 is 0 Å². The molecule has 2 heterocycles. The molecule has 0 radical (unpaired) electrons. The fourth-order valence-electron chi connectivity index (χ4n) is 1.79. The second-order valence-electron chi connectivity index (χ2n) is 3.74. The van der Waals surface area contributed by atoms with Crippen LogP contribution in [0.3, 0.4) is 0 Å². The fourth-order valence-corrected chi connectivity index (χ4v) is 2.83. The summed E-state index contributed by atoms with van der Waals surface area (Å²) in [5.41, 5.74) is 1.48. The highest BCUT2D eigenvalue weighted by atomic mass is 35.5. The van der Waals surface area contributed by atoms with Gasteiger partial charge in [-0.3, -0.25) is 0 Å². The van der Waals surface area contributed by atoms with Gasteiger partial charge >= 0.3 is 0 Å². The SMILES string of the molecule is Cl.c1sc2c(c1C1CC1)OCCNC2. The van der Waals surface area contributed by atoms with E-state index in [9.17, 15) is 0 Å². The maximum absolute atomic E-state index is 5.77. The minimum absolute atomic E-state index is 0. The smallest absolute Gasteiger partial charge is 0.138 e. The largest absolute Gasteiger partial charge is 0.491 e. The molecule has 1 saturated carbocycles. The summed E-state index contributed by atoms with van der Waals surface area (Å²) in [6.07, 6.45) is 2.72. The molecule has 2 nitrogen and oxygen atoms in total. The van der Waals surface area contributed by atoms with E-state index in [1.807, 2.05) is 11.3 Å². The molecule has 0 aromatic carbocycles. The van der Waals surface area contributed by atoms with Crippen LogP contribution in [0.1, 0.15) is 29.2 Å². The zero-order chi connectivity index (χ0) is 8.67. The van der Waals surface area contributed by atoms with Crippen molar-refractivity contribution >= 4 is 23.7 Å². The fraction of sp³-hybridized carbons (Fsp3) is 0.600. The van der Waals surface area contributed by atoms with Gasteiger partial charge in [0.25, 0.3) is 0 Å². The van der Waals surface area contributed by atoms with Gasteiger partial charge in [-0.05, 0) is 24.1 Å². The van der Waals surface area contributed by atoms with Crippen LogP contribution in [0.2, 0.25) is 0 Å². The van der Waals surface area contributed by atoms with Crippen molar-refractivity contribution in [3.8, 4) is 5.75 Å². The molecule has 78 valence electrons. The first kappa shape index (κ1) is 10.3. The molecule has 0 spiro atoms. The van der Waals surface area contributed by atoms with Crippen LogP contribution in [-0.4, -0.2) is 13.2 Å². The number of hydrogen-bond acceptors (Lipinski definition) is 3. The number of halogens is 1. The van der Waals surface area contributed by atoms with Crippen molar-refractivity contribution in [1.29, 1.82) is 0 Å². The van der Waals surface area contributed by atoms with Gasteiger partial charge in [-0.15, -0.1) is 23.7 Å². The molecule has 0 amide bonds. The average Bonchev–Trinajstić information content (AvgIpc) is 2.94. The second-order valence-corrected chi connectivity index (χ2v) is 4.71. The molecular weight excluding hydrogens is 218 g/mol. The van der Waals surface area contributed by atoms with Crippen molar-refractivity contribution < 1.29 is 4.74 Å². The molecule has 14 heavy (non-hydrogen) atoms. The minimum atomic E-state index is 0. The van der Waals surface area contributed by atoms with Crippen molar-refractivity contribution in [3.05, 3.63) is 15.8 Å². The van der Waals surface area contributed by atoms with Gasteiger partial charge in [-0.1, -0.05) is 0 Å².